The first-order valence-corrected chi connectivity index (χ1v) is 7.22. The number of aromatic carboxylic acids is 1. The summed E-state index contributed by atoms with van der Waals surface area (Å²) >= 11 is 0. The van der Waals surface area contributed by atoms with E-state index in [1.165, 1.54) is 38.5 Å². The fourth-order valence-corrected chi connectivity index (χ4v) is 3.62. The molecule has 3 rings (SSSR count). The van der Waals surface area contributed by atoms with Crippen LogP contribution in [0.4, 0.5) is 5.82 Å². The third-order valence-corrected chi connectivity index (χ3v) is 4.53. The summed E-state index contributed by atoms with van der Waals surface area (Å²) in [6.45, 7) is 1.01. The molecule has 0 bridgehead atoms. The topological polar surface area (TPSA) is 53.4 Å². The molecule has 0 radical (unpaired) electrons. The lowest BCUT2D eigenvalue weighted by Gasteiger charge is -2.44. The summed E-state index contributed by atoms with van der Waals surface area (Å²) in [6.07, 6.45) is 9.31. The largest absolute Gasteiger partial charge is 0.478 e. The van der Waals surface area contributed by atoms with Crippen LogP contribution in [-0.4, -0.2) is 28.6 Å². The molecule has 1 saturated heterocycles. The summed E-state index contributed by atoms with van der Waals surface area (Å²) in [5, 5.41) is 9.09. The van der Waals surface area contributed by atoms with Crippen molar-refractivity contribution in [2.24, 2.45) is 5.92 Å². The number of anilines is 1. The molecule has 4 nitrogen and oxygen atoms in total. The van der Waals surface area contributed by atoms with Crippen LogP contribution in [0.1, 0.15) is 48.9 Å². The molecule has 1 saturated carbocycles. The number of aromatic nitrogens is 1. The second kappa shape index (κ2) is 5.19. The molecule has 0 spiro atoms. The molecule has 0 unspecified atom stereocenters. The summed E-state index contributed by atoms with van der Waals surface area (Å²) in [5.74, 6) is 0.745. The van der Waals surface area contributed by atoms with Crippen molar-refractivity contribution in [1.82, 2.24) is 4.98 Å². The third kappa shape index (κ3) is 2.44. The molecule has 1 aromatic heterocycles. The number of carboxylic acid groups (broad SMARTS) is 1. The van der Waals surface area contributed by atoms with Gasteiger partial charge in [-0.2, -0.15) is 0 Å². The van der Waals surface area contributed by atoms with Gasteiger partial charge in [0.2, 0.25) is 0 Å². The van der Waals surface area contributed by atoms with Gasteiger partial charge in [0.1, 0.15) is 5.82 Å². The maximum atomic E-state index is 11.1. The van der Waals surface area contributed by atoms with Gasteiger partial charge in [-0.25, -0.2) is 9.78 Å². The molecular formula is C15H20N2O2. The summed E-state index contributed by atoms with van der Waals surface area (Å²) in [4.78, 5) is 17.8. The van der Waals surface area contributed by atoms with Gasteiger partial charge in [-0.05, 0) is 43.7 Å². The number of pyridine rings is 1. The summed E-state index contributed by atoms with van der Waals surface area (Å²) in [5.41, 5.74) is 0.336. The van der Waals surface area contributed by atoms with E-state index >= 15 is 0 Å². The van der Waals surface area contributed by atoms with Crippen molar-refractivity contribution >= 4 is 11.8 Å². The standard InChI is InChI=1S/C15H20N2O2/c18-15(19)12-7-8-16-14(10-12)17-9-3-5-11-4-1-2-6-13(11)17/h7-8,10-11,13H,1-6,9H2,(H,18,19)/t11-,13-/m1/s1. The molecule has 1 N–H and O–H groups in total. The molecule has 2 atom stereocenters. The van der Waals surface area contributed by atoms with Gasteiger partial charge in [-0.3, -0.25) is 0 Å². The molecule has 19 heavy (non-hydrogen) atoms. The molecule has 1 aromatic rings. The van der Waals surface area contributed by atoms with Gasteiger partial charge in [0, 0.05) is 18.8 Å². The first kappa shape index (κ1) is 12.5. The first-order valence-electron chi connectivity index (χ1n) is 7.22. The summed E-state index contributed by atoms with van der Waals surface area (Å²) in [6, 6.07) is 3.85. The fourth-order valence-electron chi connectivity index (χ4n) is 3.62. The number of rotatable bonds is 2. The molecule has 102 valence electrons. The fraction of sp³-hybridized carbons (Fsp3) is 0.600. The number of carbonyl (C=O) groups is 1. The van der Waals surface area contributed by atoms with E-state index in [9.17, 15) is 4.79 Å². The highest BCUT2D eigenvalue weighted by Gasteiger charge is 2.33. The highest BCUT2D eigenvalue weighted by molar-refractivity contribution is 5.88. The van der Waals surface area contributed by atoms with E-state index in [4.69, 9.17) is 5.11 Å². The lowest BCUT2D eigenvalue weighted by molar-refractivity contribution is 0.0696. The third-order valence-electron chi connectivity index (χ3n) is 4.53. The Kier molecular flexibility index (Phi) is 3.40. The van der Waals surface area contributed by atoms with Gasteiger partial charge < -0.3 is 10.0 Å². The van der Waals surface area contributed by atoms with E-state index in [0.29, 0.717) is 11.6 Å². The van der Waals surface area contributed by atoms with E-state index in [2.05, 4.69) is 9.88 Å². The van der Waals surface area contributed by atoms with Crippen molar-refractivity contribution < 1.29 is 9.90 Å². The van der Waals surface area contributed by atoms with Crippen LogP contribution < -0.4 is 4.90 Å². The lowest BCUT2D eigenvalue weighted by atomic mass is 9.78. The molecule has 2 heterocycles. The molecular weight excluding hydrogens is 240 g/mol. The van der Waals surface area contributed by atoms with Crippen LogP contribution in [-0.2, 0) is 0 Å². The van der Waals surface area contributed by atoms with Crippen LogP contribution in [0.15, 0.2) is 18.3 Å². The number of fused-ring (bicyclic) bond motifs is 1. The maximum Gasteiger partial charge on any atom is 0.335 e. The molecule has 4 heteroatoms. The van der Waals surface area contributed by atoms with E-state index in [1.807, 2.05) is 0 Å². The quantitative estimate of drug-likeness (QED) is 0.888. The Balaban J connectivity index is 1.87. The Bertz CT molecular complexity index is 473. The van der Waals surface area contributed by atoms with Crippen molar-refractivity contribution in [3.8, 4) is 0 Å². The molecule has 0 amide bonds. The minimum absolute atomic E-state index is 0.336. The SMILES string of the molecule is O=C(O)c1ccnc(N2CCC[C@H]3CCCC[C@H]32)c1. The van der Waals surface area contributed by atoms with Gasteiger partial charge >= 0.3 is 5.97 Å². The smallest absolute Gasteiger partial charge is 0.335 e. The zero-order valence-electron chi connectivity index (χ0n) is 11.1. The predicted molar refractivity (Wildman–Crippen MR) is 73.5 cm³/mol. The Morgan fingerprint density at radius 2 is 2.05 bits per heavy atom. The van der Waals surface area contributed by atoms with E-state index in [-0.39, 0.29) is 0 Å². The van der Waals surface area contributed by atoms with E-state index in [1.54, 1.807) is 18.3 Å². The van der Waals surface area contributed by atoms with Crippen LogP contribution in [0.2, 0.25) is 0 Å². The number of carboxylic acids is 1. The summed E-state index contributed by atoms with van der Waals surface area (Å²) < 4.78 is 0. The molecule has 1 aliphatic heterocycles. The number of nitrogens with zero attached hydrogens (tertiary/aromatic N) is 2. The second-order valence-corrected chi connectivity index (χ2v) is 5.66. The van der Waals surface area contributed by atoms with Gasteiger partial charge in [0.05, 0.1) is 5.56 Å². The van der Waals surface area contributed by atoms with Crippen LogP contribution in [0.25, 0.3) is 0 Å². The highest BCUT2D eigenvalue weighted by Crippen LogP contribution is 2.37. The van der Waals surface area contributed by atoms with Crippen LogP contribution in [0.3, 0.4) is 0 Å². The van der Waals surface area contributed by atoms with Gasteiger partial charge in [0.25, 0.3) is 0 Å². The average Bonchev–Trinajstić information content (AvgIpc) is 2.47. The zero-order valence-corrected chi connectivity index (χ0v) is 11.1. The Hall–Kier alpha value is -1.58. The highest BCUT2D eigenvalue weighted by atomic mass is 16.4. The minimum atomic E-state index is -0.874. The Morgan fingerprint density at radius 1 is 1.26 bits per heavy atom. The molecule has 0 aromatic carbocycles. The molecule has 2 aliphatic rings. The van der Waals surface area contributed by atoms with Gasteiger partial charge in [0.15, 0.2) is 0 Å². The van der Waals surface area contributed by atoms with Crippen LogP contribution in [0, 0.1) is 5.92 Å². The van der Waals surface area contributed by atoms with Crippen molar-refractivity contribution in [3.63, 3.8) is 0 Å². The van der Waals surface area contributed by atoms with Gasteiger partial charge in [-0.15, -0.1) is 0 Å². The van der Waals surface area contributed by atoms with Gasteiger partial charge in [-0.1, -0.05) is 12.8 Å². The molecule has 1 aliphatic carbocycles. The Labute approximate surface area is 113 Å². The van der Waals surface area contributed by atoms with Crippen molar-refractivity contribution in [2.75, 3.05) is 11.4 Å². The zero-order chi connectivity index (χ0) is 13.2. The minimum Gasteiger partial charge on any atom is -0.478 e. The normalized spacial score (nSPS) is 26.8. The number of piperidine rings is 1. The maximum absolute atomic E-state index is 11.1. The average molecular weight is 260 g/mol. The molecule has 2 fully saturated rings. The van der Waals surface area contributed by atoms with E-state index in [0.717, 1.165) is 18.3 Å². The lowest BCUT2D eigenvalue weighted by Crippen LogP contribution is -2.47. The predicted octanol–water partition coefficient (Wildman–Crippen LogP) is 2.94. The van der Waals surface area contributed by atoms with Crippen molar-refractivity contribution in [1.29, 1.82) is 0 Å². The van der Waals surface area contributed by atoms with E-state index < -0.39 is 5.97 Å². The van der Waals surface area contributed by atoms with Crippen LogP contribution >= 0.6 is 0 Å². The number of hydrogen-bond acceptors (Lipinski definition) is 3. The van der Waals surface area contributed by atoms with Crippen molar-refractivity contribution in [3.05, 3.63) is 23.9 Å². The second-order valence-electron chi connectivity index (χ2n) is 5.66. The van der Waals surface area contributed by atoms with Crippen LogP contribution in [0.5, 0.6) is 0 Å². The van der Waals surface area contributed by atoms with Crippen molar-refractivity contribution in [2.45, 2.75) is 44.6 Å². The first-order chi connectivity index (χ1) is 9.25. The number of hydrogen-bond donors (Lipinski definition) is 1. The summed E-state index contributed by atoms with van der Waals surface area (Å²) in [7, 11) is 0. The monoisotopic (exact) mass is 260 g/mol. The Morgan fingerprint density at radius 3 is 2.89 bits per heavy atom.